The van der Waals surface area contributed by atoms with Crippen LogP contribution in [-0.2, 0) is 5.60 Å². The fourth-order valence-electron chi connectivity index (χ4n) is 3.04. The Morgan fingerprint density at radius 1 is 1.24 bits per heavy atom. The Morgan fingerprint density at radius 3 is 2.58 bits per heavy atom. The minimum atomic E-state index is -2.70. The number of carbonyl (C=O) groups is 1. The van der Waals surface area contributed by atoms with Crippen molar-refractivity contribution in [3.05, 3.63) is 80.7 Å². The maximum atomic E-state index is 13.1. The van der Waals surface area contributed by atoms with Gasteiger partial charge < -0.3 is 15.2 Å². The molecule has 1 aromatic heterocycles. The van der Waals surface area contributed by atoms with E-state index in [4.69, 9.17) is 16.3 Å². The summed E-state index contributed by atoms with van der Waals surface area (Å²) in [5, 5.41) is 17.0. The molecular formula is C23H22ClF2N3O4. The Morgan fingerprint density at radius 2 is 1.94 bits per heavy atom. The third-order valence-corrected chi connectivity index (χ3v) is 4.97. The Kier molecular flexibility index (Phi) is 7.14. The lowest BCUT2D eigenvalue weighted by Crippen LogP contribution is -2.31. The highest BCUT2D eigenvalue weighted by Crippen LogP contribution is 2.29. The number of rotatable bonds is 7. The van der Waals surface area contributed by atoms with E-state index in [-0.39, 0.29) is 27.7 Å². The van der Waals surface area contributed by atoms with Crippen molar-refractivity contribution in [1.82, 2.24) is 9.78 Å². The number of halogens is 3. The molecule has 0 saturated heterocycles. The molecule has 0 saturated carbocycles. The summed E-state index contributed by atoms with van der Waals surface area (Å²) in [7, 11) is 0. The average molecular weight is 478 g/mol. The number of anilines is 1. The topological polar surface area (TPSA) is 93.5 Å². The summed E-state index contributed by atoms with van der Waals surface area (Å²) in [5.41, 5.74) is -0.865. The van der Waals surface area contributed by atoms with Crippen LogP contribution in [0.5, 0.6) is 5.75 Å². The Bertz CT molecular complexity index is 1240. The van der Waals surface area contributed by atoms with Crippen LogP contribution in [0.3, 0.4) is 0 Å². The zero-order valence-corrected chi connectivity index (χ0v) is 18.9. The highest BCUT2D eigenvalue weighted by atomic mass is 35.5. The maximum absolute atomic E-state index is 13.1. The van der Waals surface area contributed by atoms with Gasteiger partial charge in [-0.1, -0.05) is 29.8 Å². The van der Waals surface area contributed by atoms with Crippen LogP contribution in [0.15, 0.2) is 53.3 Å². The van der Waals surface area contributed by atoms with Crippen LogP contribution in [0.2, 0.25) is 5.02 Å². The van der Waals surface area contributed by atoms with Gasteiger partial charge in [0.2, 0.25) is 0 Å². The Balaban J connectivity index is 1.97. The molecule has 0 atom stereocenters. The number of para-hydroxylation sites is 2. The number of benzene rings is 2. The molecule has 0 spiro atoms. The Labute approximate surface area is 193 Å². The maximum Gasteiger partial charge on any atom is 0.284 e. The lowest BCUT2D eigenvalue weighted by Gasteiger charge is -2.19. The third kappa shape index (κ3) is 5.74. The van der Waals surface area contributed by atoms with Crippen LogP contribution in [-0.4, -0.2) is 33.8 Å². The van der Waals surface area contributed by atoms with Crippen molar-refractivity contribution >= 4 is 23.2 Å². The van der Waals surface area contributed by atoms with Crippen LogP contribution in [0, 0.1) is 6.92 Å². The van der Waals surface area contributed by atoms with Crippen molar-refractivity contribution in [2.24, 2.45) is 0 Å². The van der Waals surface area contributed by atoms with Gasteiger partial charge in [0.25, 0.3) is 17.9 Å². The molecule has 1 heterocycles. The predicted molar refractivity (Wildman–Crippen MR) is 121 cm³/mol. The van der Waals surface area contributed by atoms with Gasteiger partial charge in [0.1, 0.15) is 23.6 Å². The second-order valence-corrected chi connectivity index (χ2v) is 8.20. The summed E-state index contributed by atoms with van der Waals surface area (Å²) in [6.45, 7) is 3.93. The number of hydrogen-bond donors (Lipinski definition) is 2. The van der Waals surface area contributed by atoms with Gasteiger partial charge in [-0.15, -0.1) is 0 Å². The van der Waals surface area contributed by atoms with Crippen molar-refractivity contribution in [3.8, 4) is 11.4 Å². The van der Waals surface area contributed by atoms with E-state index in [0.29, 0.717) is 11.3 Å². The molecule has 1 amide bonds. The first-order valence-corrected chi connectivity index (χ1v) is 10.3. The SMILES string of the molecule is Cc1cc(C(=O)Nc2ccc(C(C)(C)O)cc2Cl)c(=O)n(-c2ccccc2OCC(F)F)n1. The van der Waals surface area contributed by atoms with Crippen molar-refractivity contribution < 1.29 is 23.4 Å². The number of carbonyl (C=O) groups excluding carboxylic acids is 1. The number of aromatic nitrogens is 2. The van der Waals surface area contributed by atoms with Crippen molar-refractivity contribution in [3.63, 3.8) is 0 Å². The van der Waals surface area contributed by atoms with Gasteiger partial charge in [0.15, 0.2) is 0 Å². The van der Waals surface area contributed by atoms with Crippen LogP contribution in [0.25, 0.3) is 5.69 Å². The average Bonchev–Trinajstić information content (AvgIpc) is 2.74. The molecule has 2 aromatic carbocycles. The minimum Gasteiger partial charge on any atom is -0.485 e. The third-order valence-electron chi connectivity index (χ3n) is 4.66. The number of hydrogen-bond acceptors (Lipinski definition) is 5. The van der Waals surface area contributed by atoms with Gasteiger partial charge in [-0.25, -0.2) is 8.78 Å². The van der Waals surface area contributed by atoms with E-state index in [1.165, 1.54) is 30.3 Å². The fraction of sp³-hybridized carbons (Fsp3) is 0.261. The van der Waals surface area contributed by atoms with Crippen molar-refractivity contribution in [1.29, 1.82) is 0 Å². The van der Waals surface area contributed by atoms with E-state index in [1.54, 1.807) is 39.0 Å². The number of aryl methyl sites for hydroxylation is 1. The monoisotopic (exact) mass is 477 g/mol. The van der Waals surface area contributed by atoms with E-state index < -0.39 is 30.1 Å². The first-order chi connectivity index (χ1) is 15.5. The molecule has 0 radical (unpaired) electrons. The predicted octanol–water partition coefficient (Wildman–Crippen LogP) is 4.32. The zero-order valence-electron chi connectivity index (χ0n) is 18.1. The molecule has 3 aromatic rings. The minimum absolute atomic E-state index is 0.0228. The number of alkyl halides is 2. The van der Waals surface area contributed by atoms with Gasteiger partial charge in [0.05, 0.1) is 22.0 Å². The molecule has 0 unspecified atom stereocenters. The van der Waals surface area contributed by atoms with E-state index in [9.17, 15) is 23.5 Å². The van der Waals surface area contributed by atoms with Crippen LogP contribution in [0.1, 0.15) is 35.5 Å². The summed E-state index contributed by atoms with van der Waals surface area (Å²) < 4.78 is 31.3. The van der Waals surface area contributed by atoms with E-state index in [0.717, 1.165) is 4.68 Å². The summed E-state index contributed by atoms with van der Waals surface area (Å²) in [6.07, 6.45) is -2.70. The lowest BCUT2D eigenvalue weighted by atomic mass is 9.98. The van der Waals surface area contributed by atoms with E-state index >= 15 is 0 Å². The molecular weight excluding hydrogens is 456 g/mol. The number of amides is 1. The zero-order chi connectivity index (χ0) is 24.3. The normalized spacial score (nSPS) is 11.5. The van der Waals surface area contributed by atoms with Gasteiger partial charge in [-0.2, -0.15) is 9.78 Å². The molecule has 33 heavy (non-hydrogen) atoms. The summed E-state index contributed by atoms with van der Waals surface area (Å²) >= 11 is 6.25. The molecule has 0 fully saturated rings. The van der Waals surface area contributed by atoms with Gasteiger partial charge in [-0.05, 0) is 56.7 Å². The number of ether oxygens (including phenoxy) is 1. The molecule has 0 aliphatic heterocycles. The second kappa shape index (κ2) is 9.68. The molecule has 10 heteroatoms. The van der Waals surface area contributed by atoms with Crippen LogP contribution in [0.4, 0.5) is 14.5 Å². The second-order valence-electron chi connectivity index (χ2n) is 7.79. The highest BCUT2D eigenvalue weighted by Gasteiger charge is 2.21. The van der Waals surface area contributed by atoms with Crippen molar-refractivity contribution in [2.45, 2.75) is 32.8 Å². The Hall–Kier alpha value is -3.30. The largest absolute Gasteiger partial charge is 0.485 e. The fourth-order valence-corrected chi connectivity index (χ4v) is 3.26. The molecule has 0 bridgehead atoms. The van der Waals surface area contributed by atoms with Gasteiger partial charge in [0, 0.05) is 0 Å². The molecule has 2 N–H and O–H groups in total. The summed E-state index contributed by atoms with van der Waals surface area (Å²) in [4.78, 5) is 26.0. The van der Waals surface area contributed by atoms with Crippen LogP contribution >= 0.6 is 11.6 Å². The number of nitrogens with one attached hydrogen (secondary N) is 1. The molecule has 0 aliphatic carbocycles. The molecule has 174 valence electrons. The molecule has 0 aliphatic rings. The van der Waals surface area contributed by atoms with Gasteiger partial charge >= 0.3 is 0 Å². The molecule has 7 nitrogen and oxygen atoms in total. The van der Waals surface area contributed by atoms with Crippen molar-refractivity contribution in [2.75, 3.05) is 11.9 Å². The standard InChI is InChI=1S/C23H22ClF2N3O4/c1-13-10-15(21(30)27-17-9-8-14(11-16(17)24)23(2,3)32)22(31)29(28-13)18-6-4-5-7-19(18)33-12-20(25)26/h4-11,20,32H,12H2,1-3H3,(H,27,30). The highest BCUT2D eigenvalue weighted by molar-refractivity contribution is 6.34. The quantitative estimate of drug-likeness (QED) is 0.528. The first kappa shape index (κ1) is 24.3. The summed E-state index contributed by atoms with van der Waals surface area (Å²) in [6, 6.07) is 12.0. The smallest absolute Gasteiger partial charge is 0.284 e. The number of aliphatic hydroxyl groups is 1. The number of nitrogens with zero attached hydrogens (tertiary/aromatic N) is 2. The van der Waals surface area contributed by atoms with E-state index in [1.807, 2.05) is 0 Å². The molecule has 3 rings (SSSR count). The summed E-state index contributed by atoms with van der Waals surface area (Å²) in [5.74, 6) is -0.710. The van der Waals surface area contributed by atoms with Crippen LogP contribution < -0.4 is 15.6 Å². The van der Waals surface area contributed by atoms with Gasteiger partial charge in [-0.3, -0.25) is 9.59 Å². The van der Waals surface area contributed by atoms with E-state index in [2.05, 4.69) is 10.4 Å². The first-order valence-electron chi connectivity index (χ1n) is 9.92. The lowest BCUT2D eigenvalue weighted by molar-refractivity contribution is 0.0786.